The Morgan fingerprint density at radius 2 is 2.12 bits per heavy atom. The average molecular weight is 239 g/mol. The minimum atomic E-state index is -0.391. The summed E-state index contributed by atoms with van der Waals surface area (Å²) >= 11 is 5.84. The van der Waals surface area contributed by atoms with Gasteiger partial charge < -0.3 is 11.1 Å². The van der Waals surface area contributed by atoms with E-state index in [4.69, 9.17) is 17.3 Å². The van der Waals surface area contributed by atoms with Crippen LogP contribution < -0.4 is 11.1 Å². The van der Waals surface area contributed by atoms with Crippen molar-refractivity contribution < 1.29 is 4.39 Å². The molecule has 0 amide bonds. The number of nitrogens with two attached hydrogens (primary N) is 1. The molecule has 0 aliphatic heterocycles. The number of benzene rings is 1. The first-order chi connectivity index (χ1) is 7.65. The Bertz CT molecular complexity index is 518. The van der Waals surface area contributed by atoms with Gasteiger partial charge in [0.25, 0.3) is 0 Å². The lowest BCUT2D eigenvalue weighted by atomic mass is 10.3. The third kappa shape index (κ3) is 2.38. The minimum absolute atomic E-state index is 0.156. The van der Waals surface area contributed by atoms with E-state index in [2.05, 4.69) is 15.3 Å². The summed E-state index contributed by atoms with van der Waals surface area (Å²) in [6.45, 7) is 0. The largest absolute Gasteiger partial charge is 0.368 e. The first-order valence-electron chi connectivity index (χ1n) is 4.46. The molecule has 0 aliphatic carbocycles. The van der Waals surface area contributed by atoms with E-state index in [0.717, 1.165) is 0 Å². The van der Waals surface area contributed by atoms with Gasteiger partial charge in [0, 0.05) is 6.20 Å². The highest BCUT2D eigenvalue weighted by molar-refractivity contribution is 6.33. The van der Waals surface area contributed by atoms with Crippen LogP contribution in [0.2, 0.25) is 5.02 Å². The van der Waals surface area contributed by atoms with Gasteiger partial charge in [0.05, 0.1) is 10.7 Å². The Labute approximate surface area is 96.3 Å². The van der Waals surface area contributed by atoms with Gasteiger partial charge in [0.1, 0.15) is 11.6 Å². The monoisotopic (exact) mass is 238 g/mol. The molecule has 0 radical (unpaired) electrons. The van der Waals surface area contributed by atoms with Crippen LogP contribution in [0.4, 0.5) is 21.8 Å². The zero-order valence-electron chi connectivity index (χ0n) is 8.11. The fourth-order valence-electron chi connectivity index (χ4n) is 1.17. The van der Waals surface area contributed by atoms with Crippen LogP contribution in [0.1, 0.15) is 0 Å². The molecular weight excluding hydrogens is 231 g/mol. The standard InChI is InChI=1S/C10H8ClFN4/c11-7-5-6(12)1-2-8(7)15-9-3-4-14-10(13)16-9/h1-5H,(H3,13,14,15,16). The van der Waals surface area contributed by atoms with Gasteiger partial charge in [0.2, 0.25) is 5.95 Å². The summed E-state index contributed by atoms with van der Waals surface area (Å²) in [7, 11) is 0. The van der Waals surface area contributed by atoms with Crippen molar-refractivity contribution in [3.05, 3.63) is 41.3 Å². The van der Waals surface area contributed by atoms with Gasteiger partial charge in [0.15, 0.2) is 0 Å². The van der Waals surface area contributed by atoms with E-state index in [1.54, 1.807) is 6.07 Å². The highest BCUT2D eigenvalue weighted by Crippen LogP contribution is 2.25. The number of aromatic nitrogens is 2. The average Bonchev–Trinajstić information content (AvgIpc) is 2.22. The normalized spacial score (nSPS) is 10.1. The van der Waals surface area contributed by atoms with E-state index >= 15 is 0 Å². The van der Waals surface area contributed by atoms with Crippen LogP contribution in [0, 0.1) is 5.82 Å². The van der Waals surface area contributed by atoms with Crippen LogP contribution in [0.15, 0.2) is 30.5 Å². The van der Waals surface area contributed by atoms with Crippen molar-refractivity contribution >= 4 is 29.1 Å². The van der Waals surface area contributed by atoms with Crippen LogP contribution in [-0.4, -0.2) is 9.97 Å². The number of hydrogen-bond donors (Lipinski definition) is 2. The first kappa shape index (κ1) is 10.6. The van der Waals surface area contributed by atoms with Crippen molar-refractivity contribution in [1.82, 2.24) is 9.97 Å². The second-order valence-corrected chi connectivity index (χ2v) is 3.46. The molecule has 1 heterocycles. The van der Waals surface area contributed by atoms with Crippen molar-refractivity contribution in [3.8, 4) is 0 Å². The van der Waals surface area contributed by atoms with Gasteiger partial charge in [-0.25, -0.2) is 9.37 Å². The van der Waals surface area contributed by atoms with Crippen molar-refractivity contribution in [2.75, 3.05) is 11.1 Å². The Morgan fingerprint density at radius 3 is 2.81 bits per heavy atom. The van der Waals surface area contributed by atoms with E-state index in [0.29, 0.717) is 11.5 Å². The molecule has 0 atom stereocenters. The van der Waals surface area contributed by atoms with Gasteiger partial charge in [-0.15, -0.1) is 0 Å². The molecule has 0 aliphatic rings. The number of nitrogen functional groups attached to an aromatic ring is 1. The molecule has 0 saturated heterocycles. The molecule has 4 nitrogen and oxygen atoms in total. The van der Waals surface area contributed by atoms with Crippen LogP contribution in [0.25, 0.3) is 0 Å². The molecule has 0 bridgehead atoms. The minimum Gasteiger partial charge on any atom is -0.368 e. The summed E-state index contributed by atoms with van der Waals surface area (Å²) in [5, 5.41) is 3.19. The van der Waals surface area contributed by atoms with Crippen molar-refractivity contribution in [3.63, 3.8) is 0 Å². The fourth-order valence-corrected chi connectivity index (χ4v) is 1.39. The van der Waals surface area contributed by atoms with Crippen molar-refractivity contribution in [2.24, 2.45) is 0 Å². The summed E-state index contributed by atoms with van der Waals surface area (Å²) in [4.78, 5) is 7.69. The second-order valence-electron chi connectivity index (χ2n) is 3.05. The van der Waals surface area contributed by atoms with Gasteiger partial charge in [-0.1, -0.05) is 11.6 Å². The highest BCUT2D eigenvalue weighted by atomic mass is 35.5. The Kier molecular flexibility index (Phi) is 2.87. The maximum atomic E-state index is 12.8. The van der Waals surface area contributed by atoms with E-state index < -0.39 is 5.82 Å². The summed E-state index contributed by atoms with van der Waals surface area (Å²) in [5.74, 6) is 0.266. The number of anilines is 3. The molecule has 6 heteroatoms. The van der Waals surface area contributed by atoms with Crippen molar-refractivity contribution in [2.45, 2.75) is 0 Å². The number of nitrogens with one attached hydrogen (secondary N) is 1. The van der Waals surface area contributed by atoms with Crippen LogP contribution in [-0.2, 0) is 0 Å². The molecule has 0 spiro atoms. The predicted molar refractivity (Wildman–Crippen MR) is 61.1 cm³/mol. The maximum absolute atomic E-state index is 12.8. The van der Waals surface area contributed by atoms with E-state index in [9.17, 15) is 4.39 Å². The third-order valence-electron chi connectivity index (χ3n) is 1.87. The third-order valence-corrected chi connectivity index (χ3v) is 2.18. The molecule has 3 N–H and O–H groups in total. The molecule has 0 fully saturated rings. The lowest BCUT2D eigenvalue weighted by Crippen LogP contribution is -1.99. The van der Waals surface area contributed by atoms with Gasteiger partial charge >= 0.3 is 0 Å². The maximum Gasteiger partial charge on any atom is 0.221 e. The molecule has 1 aromatic heterocycles. The fraction of sp³-hybridized carbons (Fsp3) is 0. The van der Waals surface area contributed by atoms with Crippen molar-refractivity contribution in [1.29, 1.82) is 0 Å². The Morgan fingerprint density at radius 1 is 1.31 bits per heavy atom. The van der Waals surface area contributed by atoms with Crippen LogP contribution >= 0.6 is 11.6 Å². The molecule has 2 rings (SSSR count). The van der Waals surface area contributed by atoms with Gasteiger partial charge in [-0.05, 0) is 24.3 Å². The molecule has 82 valence electrons. The van der Waals surface area contributed by atoms with Crippen LogP contribution in [0.5, 0.6) is 0 Å². The summed E-state index contributed by atoms with van der Waals surface area (Å²) < 4.78 is 12.8. The van der Waals surface area contributed by atoms with E-state index in [1.807, 2.05) is 0 Å². The van der Waals surface area contributed by atoms with Gasteiger partial charge in [-0.3, -0.25) is 0 Å². The molecule has 2 aromatic rings. The second kappa shape index (κ2) is 4.32. The lowest BCUT2D eigenvalue weighted by molar-refractivity contribution is 0.628. The predicted octanol–water partition coefficient (Wildman–Crippen LogP) is 2.59. The molecule has 1 aromatic carbocycles. The smallest absolute Gasteiger partial charge is 0.221 e. The number of hydrogen-bond acceptors (Lipinski definition) is 4. The summed E-state index contributed by atoms with van der Waals surface area (Å²) in [6, 6.07) is 5.68. The molecule has 0 unspecified atom stereocenters. The topological polar surface area (TPSA) is 63.8 Å². The zero-order valence-corrected chi connectivity index (χ0v) is 8.87. The Balaban J connectivity index is 2.27. The Hall–Kier alpha value is -1.88. The SMILES string of the molecule is Nc1nccc(Nc2ccc(F)cc2Cl)n1. The van der Waals surface area contributed by atoms with E-state index in [1.165, 1.54) is 24.4 Å². The number of nitrogens with zero attached hydrogens (tertiary/aromatic N) is 2. The summed E-state index contributed by atoms with van der Waals surface area (Å²) in [6.07, 6.45) is 1.52. The first-order valence-corrected chi connectivity index (χ1v) is 4.83. The number of halogens is 2. The lowest BCUT2D eigenvalue weighted by Gasteiger charge is -2.07. The highest BCUT2D eigenvalue weighted by Gasteiger charge is 2.03. The van der Waals surface area contributed by atoms with E-state index in [-0.39, 0.29) is 11.0 Å². The quantitative estimate of drug-likeness (QED) is 0.844. The zero-order chi connectivity index (χ0) is 11.5. The number of rotatable bonds is 2. The van der Waals surface area contributed by atoms with Crippen LogP contribution in [0.3, 0.4) is 0 Å². The molecule has 0 saturated carbocycles. The van der Waals surface area contributed by atoms with Gasteiger partial charge in [-0.2, -0.15) is 4.98 Å². The summed E-state index contributed by atoms with van der Waals surface area (Å²) in [5.41, 5.74) is 5.98. The molecule has 16 heavy (non-hydrogen) atoms. The molecular formula is C10H8ClFN4.